The van der Waals surface area contributed by atoms with Gasteiger partial charge < -0.3 is 19.7 Å². The van der Waals surface area contributed by atoms with Crippen LogP contribution in [0, 0.1) is 0 Å². The molecule has 0 saturated carbocycles. The van der Waals surface area contributed by atoms with E-state index in [1.807, 2.05) is 0 Å². The van der Waals surface area contributed by atoms with Crippen molar-refractivity contribution >= 4 is 44.3 Å². The van der Waals surface area contributed by atoms with Crippen molar-refractivity contribution in [3.63, 3.8) is 0 Å². The first kappa shape index (κ1) is 29.0. The number of esters is 1. The van der Waals surface area contributed by atoms with Crippen molar-refractivity contribution < 1.29 is 32.3 Å². The van der Waals surface area contributed by atoms with Crippen molar-refractivity contribution in [2.45, 2.75) is 44.7 Å². The van der Waals surface area contributed by atoms with Crippen LogP contribution >= 0.6 is 11.3 Å². The minimum absolute atomic E-state index is 0.0549. The van der Waals surface area contributed by atoms with Crippen LogP contribution in [0.2, 0.25) is 0 Å². The summed E-state index contributed by atoms with van der Waals surface area (Å²) in [7, 11) is -2.48. The number of anilines is 1. The van der Waals surface area contributed by atoms with Crippen LogP contribution in [-0.2, 0) is 32.5 Å². The number of nitrogens with zero attached hydrogens (tertiary/aromatic N) is 3. The lowest BCUT2D eigenvalue weighted by molar-refractivity contribution is 0.0600. The summed E-state index contributed by atoms with van der Waals surface area (Å²) in [5.41, 5.74) is 1.55. The fourth-order valence-electron chi connectivity index (χ4n) is 4.70. The molecular formula is C26H34N4O7S2. The molecule has 2 aliphatic rings. The third kappa shape index (κ3) is 6.11. The normalized spacial score (nSPS) is 16.6. The molecule has 0 spiro atoms. The molecule has 1 aromatic carbocycles. The van der Waals surface area contributed by atoms with E-state index in [1.165, 1.54) is 51.9 Å². The second-order valence-corrected chi connectivity index (χ2v) is 12.6. The van der Waals surface area contributed by atoms with Gasteiger partial charge in [-0.25, -0.2) is 18.0 Å². The molecule has 0 aliphatic carbocycles. The number of hydrogen-bond donors (Lipinski definition) is 1. The summed E-state index contributed by atoms with van der Waals surface area (Å²) in [6, 6.07) is 6.04. The molecule has 2 aliphatic heterocycles. The van der Waals surface area contributed by atoms with Gasteiger partial charge in [0.1, 0.15) is 5.00 Å². The number of piperazine rings is 1. The van der Waals surface area contributed by atoms with Gasteiger partial charge >= 0.3 is 12.1 Å². The minimum atomic E-state index is -3.80. The Hall–Kier alpha value is -3.00. The summed E-state index contributed by atoms with van der Waals surface area (Å²) < 4.78 is 37.6. The molecule has 39 heavy (non-hydrogen) atoms. The smallest absolute Gasteiger partial charge is 0.409 e. The number of thiophene rings is 1. The van der Waals surface area contributed by atoms with E-state index >= 15 is 0 Å². The molecular weight excluding hydrogens is 544 g/mol. The van der Waals surface area contributed by atoms with Crippen LogP contribution in [0.25, 0.3) is 0 Å². The zero-order valence-electron chi connectivity index (χ0n) is 22.6. The van der Waals surface area contributed by atoms with Gasteiger partial charge in [0.25, 0.3) is 5.91 Å². The largest absolute Gasteiger partial charge is 0.465 e. The van der Waals surface area contributed by atoms with Crippen molar-refractivity contribution in [2.75, 3.05) is 51.8 Å². The maximum atomic E-state index is 13.1. The average Bonchev–Trinajstić information content (AvgIpc) is 3.29. The average molecular weight is 579 g/mol. The molecule has 0 bridgehead atoms. The first-order valence-corrected chi connectivity index (χ1v) is 15.1. The lowest BCUT2D eigenvalue weighted by atomic mass is 10.0. The maximum Gasteiger partial charge on any atom is 0.409 e. The highest BCUT2D eigenvalue weighted by molar-refractivity contribution is 7.89. The third-order valence-electron chi connectivity index (χ3n) is 6.95. The highest BCUT2D eigenvalue weighted by Gasteiger charge is 2.32. The number of sulfonamides is 1. The Morgan fingerprint density at radius 3 is 2.31 bits per heavy atom. The topological polar surface area (TPSA) is 126 Å². The Balaban J connectivity index is 1.47. The summed E-state index contributed by atoms with van der Waals surface area (Å²) in [5, 5.41) is 3.27. The lowest BCUT2D eigenvalue weighted by Gasteiger charge is -2.33. The van der Waals surface area contributed by atoms with E-state index < -0.39 is 28.0 Å². The Labute approximate surface area is 232 Å². The van der Waals surface area contributed by atoms with Crippen LogP contribution in [0.1, 0.15) is 51.9 Å². The van der Waals surface area contributed by atoms with Gasteiger partial charge in [-0.2, -0.15) is 4.31 Å². The van der Waals surface area contributed by atoms with Crippen LogP contribution in [0.3, 0.4) is 0 Å². The van der Waals surface area contributed by atoms with Gasteiger partial charge in [-0.3, -0.25) is 9.69 Å². The van der Waals surface area contributed by atoms with Crippen molar-refractivity contribution in [2.24, 2.45) is 0 Å². The zero-order valence-corrected chi connectivity index (χ0v) is 24.2. The van der Waals surface area contributed by atoms with E-state index in [0.717, 1.165) is 17.0 Å². The second kappa shape index (κ2) is 12.0. The summed E-state index contributed by atoms with van der Waals surface area (Å²) in [4.78, 5) is 42.5. The SMILES string of the molecule is CCOC(=O)N1CCN(S(=O)(=O)c2ccc(C(=O)Nc3sc4c(c3C(=O)OC)CCN(C(C)C)C4)cc2)CC1. The van der Waals surface area contributed by atoms with E-state index in [2.05, 4.69) is 24.1 Å². The predicted molar refractivity (Wildman–Crippen MR) is 147 cm³/mol. The number of benzene rings is 1. The number of amides is 2. The first-order chi connectivity index (χ1) is 18.6. The van der Waals surface area contributed by atoms with Gasteiger partial charge in [0.2, 0.25) is 10.0 Å². The Morgan fingerprint density at radius 1 is 1.05 bits per heavy atom. The van der Waals surface area contributed by atoms with Gasteiger partial charge in [0, 0.05) is 55.8 Å². The molecule has 11 nitrogen and oxygen atoms in total. The van der Waals surface area contributed by atoms with Crippen molar-refractivity contribution in [3.05, 3.63) is 45.8 Å². The third-order valence-corrected chi connectivity index (χ3v) is 10.00. The highest BCUT2D eigenvalue weighted by atomic mass is 32.2. The number of nitrogens with one attached hydrogen (secondary N) is 1. The summed E-state index contributed by atoms with van der Waals surface area (Å²) in [6.07, 6.45) is 0.231. The summed E-state index contributed by atoms with van der Waals surface area (Å²) >= 11 is 1.37. The Morgan fingerprint density at radius 2 is 1.72 bits per heavy atom. The van der Waals surface area contributed by atoms with E-state index in [4.69, 9.17) is 9.47 Å². The molecule has 2 aromatic rings. The van der Waals surface area contributed by atoms with E-state index in [-0.39, 0.29) is 43.2 Å². The van der Waals surface area contributed by atoms with Crippen molar-refractivity contribution in [3.8, 4) is 0 Å². The number of carbonyl (C=O) groups is 3. The molecule has 212 valence electrons. The Kier molecular flexibility index (Phi) is 8.94. The number of carbonyl (C=O) groups excluding carboxylic acids is 3. The lowest BCUT2D eigenvalue weighted by Crippen LogP contribution is -2.50. The molecule has 4 rings (SSSR count). The molecule has 2 amide bonds. The van der Waals surface area contributed by atoms with Crippen LogP contribution in [0.4, 0.5) is 9.80 Å². The fourth-order valence-corrected chi connectivity index (χ4v) is 7.38. The molecule has 1 N–H and O–H groups in total. The monoisotopic (exact) mass is 578 g/mol. The molecule has 13 heteroatoms. The number of hydrogen-bond acceptors (Lipinski definition) is 9. The number of ether oxygens (including phenoxy) is 2. The zero-order chi connectivity index (χ0) is 28.3. The molecule has 3 heterocycles. The molecule has 0 radical (unpaired) electrons. The number of methoxy groups -OCH3 is 1. The fraction of sp³-hybridized carbons (Fsp3) is 0.500. The van der Waals surface area contributed by atoms with Gasteiger partial charge in [0.05, 0.1) is 24.2 Å². The van der Waals surface area contributed by atoms with E-state index in [0.29, 0.717) is 29.6 Å². The second-order valence-electron chi connectivity index (χ2n) is 9.58. The van der Waals surface area contributed by atoms with Crippen LogP contribution in [0.15, 0.2) is 29.2 Å². The maximum absolute atomic E-state index is 13.1. The predicted octanol–water partition coefficient (Wildman–Crippen LogP) is 3.02. The molecule has 1 saturated heterocycles. The van der Waals surface area contributed by atoms with Crippen LogP contribution in [0.5, 0.6) is 0 Å². The number of fused-ring (bicyclic) bond motifs is 1. The van der Waals surface area contributed by atoms with E-state index in [9.17, 15) is 22.8 Å². The van der Waals surface area contributed by atoms with Crippen molar-refractivity contribution in [1.82, 2.24) is 14.1 Å². The molecule has 0 atom stereocenters. The van der Waals surface area contributed by atoms with Gasteiger partial charge in [-0.15, -0.1) is 11.3 Å². The Bertz CT molecular complexity index is 1330. The van der Waals surface area contributed by atoms with Gasteiger partial charge in [0.15, 0.2) is 0 Å². The quantitative estimate of drug-likeness (QED) is 0.497. The molecule has 1 fully saturated rings. The molecule has 0 unspecified atom stereocenters. The van der Waals surface area contributed by atoms with Crippen LogP contribution < -0.4 is 5.32 Å². The van der Waals surface area contributed by atoms with E-state index in [1.54, 1.807) is 6.92 Å². The minimum Gasteiger partial charge on any atom is -0.465 e. The highest BCUT2D eigenvalue weighted by Crippen LogP contribution is 2.38. The number of rotatable bonds is 7. The van der Waals surface area contributed by atoms with Crippen LogP contribution in [-0.4, -0.2) is 93.0 Å². The van der Waals surface area contributed by atoms with Crippen molar-refractivity contribution in [1.29, 1.82) is 0 Å². The van der Waals surface area contributed by atoms with Gasteiger partial charge in [-0.1, -0.05) is 0 Å². The van der Waals surface area contributed by atoms with Gasteiger partial charge in [-0.05, 0) is 57.0 Å². The summed E-state index contributed by atoms with van der Waals surface area (Å²) in [5.74, 6) is -0.947. The standard InChI is InChI=1S/C26H34N4O7S2/c1-5-37-26(33)28-12-14-30(15-13-28)39(34,35)19-8-6-18(7-9-19)23(31)27-24-22(25(32)36-4)20-10-11-29(17(2)3)16-21(20)38-24/h6-9,17H,5,10-16H2,1-4H3,(H,27,31). The molecule has 1 aromatic heterocycles. The summed E-state index contributed by atoms with van der Waals surface area (Å²) in [6.45, 7) is 8.49. The first-order valence-electron chi connectivity index (χ1n) is 12.9.